The van der Waals surface area contributed by atoms with E-state index in [0.717, 1.165) is 45.1 Å². The molecule has 0 aliphatic carbocycles. The highest BCUT2D eigenvalue weighted by molar-refractivity contribution is 8.00. The van der Waals surface area contributed by atoms with E-state index in [4.69, 9.17) is 0 Å². The second kappa shape index (κ2) is 6.65. The van der Waals surface area contributed by atoms with Crippen LogP contribution in [0.4, 0.5) is 8.78 Å². The molecular formula is C17H11F2N3O2S2. The van der Waals surface area contributed by atoms with Gasteiger partial charge >= 0.3 is 0 Å². The van der Waals surface area contributed by atoms with Gasteiger partial charge in [-0.1, -0.05) is 24.3 Å². The highest BCUT2D eigenvalue weighted by atomic mass is 32.2. The van der Waals surface area contributed by atoms with Crippen molar-refractivity contribution < 1.29 is 18.4 Å². The summed E-state index contributed by atoms with van der Waals surface area (Å²) in [5, 5.41) is 0.656. The van der Waals surface area contributed by atoms with Crippen LogP contribution in [-0.4, -0.2) is 26.9 Å². The molecule has 1 saturated heterocycles. The number of rotatable bonds is 3. The second-order valence-electron chi connectivity index (χ2n) is 5.53. The van der Waals surface area contributed by atoms with E-state index in [2.05, 4.69) is 9.80 Å². The fourth-order valence-electron chi connectivity index (χ4n) is 2.72. The Hall–Kier alpha value is -2.52. The van der Waals surface area contributed by atoms with Gasteiger partial charge in [-0.2, -0.15) is 4.37 Å². The Morgan fingerprint density at radius 3 is 2.65 bits per heavy atom. The summed E-state index contributed by atoms with van der Waals surface area (Å²) in [6.07, 6.45) is 0. The zero-order valence-corrected chi connectivity index (χ0v) is 14.7. The molecular weight excluding hydrogens is 380 g/mol. The molecule has 0 bridgehead atoms. The van der Waals surface area contributed by atoms with Crippen LogP contribution < -0.4 is 5.43 Å². The van der Waals surface area contributed by atoms with Crippen LogP contribution in [0.15, 0.2) is 42.5 Å². The first-order valence-electron chi connectivity index (χ1n) is 7.59. The number of thioether (sulfide) groups is 1. The maximum absolute atomic E-state index is 14.1. The van der Waals surface area contributed by atoms with Crippen LogP contribution in [0.25, 0.3) is 10.1 Å². The Morgan fingerprint density at radius 1 is 1.15 bits per heavy atom. The van der Waals surface area contributed by atoms with Crippen molar-refractivity contribution in [3.63, 3.8) is 0 Å². The van der Waals surface area contributed by atoms with Gasteiger partial charge in [0.2, 0.25) is 0 Å². The minimum atomic E-state index is -0.974. The number of carbonyl (C=O) groups excluding carboxylic acids is 2. The Bertz CT molecular complexity index is 1000. The van der Waals surface area contributed by atoms with Crippen LogP contribution in [0.1, 0.15) is 21.4 Å². The summed E-state index contributed by atoms with van der Waals surface area (Å²) in [5.41, 5.74) is 2.37. The number of carbonyl (C=O) groups is 2. The lowest BCUT2D eigenvalue weighted by molar-refractivity contribution is -0.130. The highest BCUT2D eigenvalue weighted by Crippen LogP contribution is 2.39. The quantitative estimate of drug-likeness (QED) is 0.742. The van der Waals surface area contributed by atoms with Crippen LogP contribution in [0.3, 0.4) is 0 Å². The van der Waals surface area contributed by atoms with E-state index < -0.39 is 28.8 Å². The van der Waals surface area contributed by atoms with Crippen molar-refractivity contribution in [3.8, 4) is 0 Å². The molecule has 5 nitrogen and oxygen atoms in total. The number of fused-ring (bicyclic) bond motifs is 1. The number of benzene rings is 2. The fraction of sp³-hybridized carbons (Fsp3) is 0.118. The van der Waals surface area contributed by atoms with Gasteiger partial charge in [0.05, 0.1) is 16.0 Å². The van der Waals surface area contributed by atoms with Crippen molar-refractivity contribution in [2.24, 2.45) is 0 Å². The number of hydrogen-bond acceptors (Lipinski definition) is 5. The zero-order chi connectivity index (χ0) is 18.3. The maximum Gasteiger partial charge on any atom is 0.290 e. The van der Waals surface area contributed by atoms with Crippen molar-refractivity contribution in [3.05, 3.63) is 65.4 Å². The molecule has 1 aliphatic heterocycles. The molecule has 4 rings (SSSR count). The third-order valence-corrected chi connectivity index (χ3v) is 5.93. The van der Waals surface area contributed by atoms with Gasteiger partial charge in [-0.3, -0.25) is 15.0 Å². The Morgan fingerprint density at radius 2 is 1.88 bits per heavy atom. The van der Waals surface area contributed by atoms with Gasteiger partial charge in [0.15, 0.2) is 5.69 Å². The Labute approximate surface area is 155 Å². The topological polar surface area (TPSA) is 62.3 Å². The zero-order valence-electron chi connectivity index (χ0n) is 13.1. The van der Waals surface area contributed by atoms with Gasteiger partial charge in [-0.05, 0) is 29.7 Å². The molecule has 1 atom stereocenters. The van der Waals surface area contributed by atoms with E-state index in [9.17, 15) is 18.4 Å². The normalized spacial score (nSPS) is 17.1. The lowest BCUT2D eigenvalue weighted by atomic mass is 10.2. The molecule has 3 aromatic rings. The molecule has 9 heteroatoms. The Kier molecular flexibility index (Phi) is 4.33. The van der Waals surface area contributed by atoms with Crippen molar-refractivity contribution in [1.82, 2.24) is 14.8 Å². The third-order valence-electron chi connectivity index (χ3n) is 3.93. The van der Waals surface area contributed by atoms with Gasteiger partial charge in [-0.15, -0.1) is 11.8 Å². The van der Waals surface area contributed by atoms with E-state index in [-0.39, 0.29) is 17.0 Å². The molecule has 2 heterocycles. The lowest BCUT2D eigenvalue weighted by Crippen LogP contribution is -2.45. The minimum absolute atomic E-state index is 0.0105. The molecule has 2 aromatic carbocycles. The van der Waals surface area contributed by atoms with Gasteiger partial charge in [0.25, 0.3) is 11.8 Å². The summed E-state index contributed by atoms with van der Waals surface area (Å²) in [6.45, 7) is 0. The molecule has 132 valence electrons. The van der Waals surface area contributed by atoms with Crippen LogP contribution in [0, 0.1) is 11.6 Å². The monoisotopic (exact) mass is 391 g/mol. The summed E-state index contributed by atoms with van der Waals surface area (Å²) < 4.78 is 33.2. The second-order valence-corrected chi connectivity index (χ2v) is 7.40. The molecule has 1 unspecified atom stereocenters. The SMILES string of the molecule is O=C(NN1C(=O)CSC1c1c(F)cccc1F)c1nsc2ccccc12. The van der Waals surface area contributed by atoms with E-state index in [1.165, 1.54) is 6.07 Å². The summed E-state index contributed by atoms with van der Waals surface area (Å²) in [4.78, 5) is 24.8. The molecule has 1 aromatic heterocycles. The standard InChI is InChI=1S/C17H11F2N3O2S2/c18-10-5-3-6-11(19)14(10)17-22(13(23)8-25-17)20-16(24)15-9-4-1-2-7-12(9)26-21-15/h1-7,17H,8H2,(H,20,24). The number of nitrogens with zero attached hydrogens (tertiary/aromatic N) is 2. The number of aromatic nitrogens is 1. The summed E-state index contributed by atoms with van der Waals surface area (Å²) >= 11 is 2.21. The number of amides is 2. The molecule has 1 N–H and O–H groups in total. The molecule has 1 aliphatic rings. The first-order chi connectivity index (χ1) is 12.6. The van der Waals surface area contributed by atoms with E-state index >= 15 is 0 Å². The van der Waals surface area contributed by atoms with Gasteiger partial charge in [0, 0.05) is 5.39 Å². The highest BCUT2D eigenvalue weighted by Gasteiger charge is 2.38. The summed E-state index contributed by atoms with van der Waals surface area (Å²) in [6, 6.07) is 10.7. The van der Waals surface area contributed by atoms with Gasteiger partial charge < -0.3 is 0 Å². The van der Waals surface area contributed by atoms with E-state index in [1.54, 1.807) is 12.1 Å². The Balaban J connectivity index is 1.65. The molecule has 0 saturated carbocycles. The largest absolute Gasteiger partial charge is 0.290 e. The summed E-state index contributed by atoms with van der Waals surface area (Å²) in [5.74, 6) is -2.56. The van der Waals surface area contributed by atoms with E-state index in [0.29, 0.717) is 5.39 Å². The molecule has 2 amide bonds. The van der Waals surface area contributed by atoms with Crippen LogP contribution in [-0.2, 0) is 4.79 Å². The van der Waals surface area contributed by atoms with Gasteiger partial charge in [0.1, 0.15) is 17.0 Å². The average molecular weight is 391 g/mol. The number of hydrogen-bond donors (Lipinski definition) is 1. The van der Waals surface area contributed by atoms with Crippen molar-refractivity contribution in [1.29, 1.82) is 0 Å². The number of halogens is 2. The van der Waals surface area contributed by atoms with Crippen LogP contribution in [0.2, 0.25) is 0 Å². The molecule has 0 spiro atoms. The first-order valence-corrected chi connectivity index (χ1v) is 9.41. The predicted octanol–water partition coefficient (Wildman–Crippen LogP) is 3.49. The number of nitrogens with one attached hydrogen (secondary N) is 1. The van der Waals surface area contributed by atoms with Gasteiger partial charge in [-0.25, -0.2) is 13.8 Å². The van der Waals surface area contributed by atoms with Crippen molar-refractivity contribution >= 4 is 45.2 Å². The smallest absolute Gasteiger partial charge is 0.272 e. The van der Waals surface area contributed by atoms with Crippen molar-refractivity contribution in [2.45, 2.75) is 5.37 Å². The minimum Gasteiger partial charge on any atom is -0.272 e. The molecule has 0 radical (unpaired) electrons. The number of hydrazine groups is 1. The summed E-state index contributed by atoms with van der Waals surface area (Å²) in [7, 11) is 0. The fourth-order valence-corrected chi connectivity index (χ4v) is 4.64. The van der Waals surface area contributed by atoms with Crippen LogP contribution >= 0.6 is 23.3 Å². The average Bonchev–Trinajstić information content (AvgIpc) is 3.20. The molecule has 26 heavy (non-hydrogen) atoms. The molecule has 1 fully saturated rings. The first kappa shape index (κ1) is 16.9. The maximum atomic E-state index is 14.1. The predicted molar refractivity (Wildman–Crippen MR) is 95.5 cm³/mol. The van der Waals surface area contributed by atoms with Crippen LogP contribution in [0.5, 0.6) is 0 Å². The lowest BCUT2D eigenvalue weighted by Gasteiger charge is -2.24. The van der Waals surface area contributed by atoms with Crippen molar-refractivity contribution in [2.75, 3.05) is 5.75 Å². The third kappa shape index (κ3) is 2.82. The van der Waals surface area contributed by atoms with E-state index in [1.807, 2.05) is 12.1 Å².